The molecule has 1 aromatic rings. The van der Waals surface area contributed by atoms with Gasteiger partial charge in [-0.15, -0.1) is 0 Å². The van der Waals surface area contributed by atoms with E-state index in [1.54, 1.807) is 0 Å². The molecule has 2 aliphatic rings. The van der Waals surface area contributed by atoms with Crippen LogP contribution < -0.4 is 10.6 Å². The minimum absolute atomic E-state index is 0.0297. The average molecular weight is 304 g/mol. The summed E-state index contributed by atoms with van der Waals surface area (Å²) in [5.41, 5.74) is 0.600. The molecule has 0 radical (unpaired) electrons. The van der Waals surface area contributed by atoms with Gasteiger partial charge in [0.2, 0.25) is 11.8 Å². The summed E-state index contributed by atoms with van der Waals surface area (Å²) < 4.78 is 13.6. The van der Waals surface area contributed by atoms with Crippen molar-refractivity contribution >= 4 is 23.2 Å². The summed E-state index contributed by atoms with van der Waals surface area (Å²) in [5, 5.41) is 5.23. The van der Waals surface area contributed by atoms with E-state index in [0.717, 1.165) is 5.92 Å². The Morgan fingerprint density at radius 3 is 2.68 bits per heavy atom. The maximum Gasteiger partial charge on any atom is 0.224 e. The summed E-state index contributed by atoms with van der Waals surface area (Å²) in [5.74, 6) is 1.14. The van der Waals surface area contributed by atoms with Crippen molar-refractivity contribution in [1.29, 1.82) is 0 Å². The number of fused-ring (bicyclic) bond motifs is 2. The fourth-order valence-corrected chi connectivity index (χ4v) is 3.97. The molecule has 0 unspecified atom stereocenters. The molecule has 0 heterocycles. The first-order valence-corrected chi connectivity index (χ1v) is 7.88. The van der Waals surface area contributed by atoms with E-state index in [0.29, 0.717) is 23.9 Å². The van der Waals surface area contributed by atoms with Gasteiger partial charge in [-0.3, -0.25) is 9.59 Å². The van der Waals surface area contributed by atoms with Crippen LogP contribution in [0.4, 0.5) is 15.8 Å². The van der Waals surface area contributed by atoms with Crippen LogP contribution >= 0.6 is 0 Å². The molecule has 0 aliphatic heterocycles. The van der Waals surface area contributed by atoms with Gasteiger partial charge in [-0.05, 0) is 55.2 Å². The number of carbonyl (C=O) groups excluding carboxylic acids is 2. The highest BCUT2D eigenvalue weighted by atomic mass is 19.1. The zero-order valence-electron chi connectivity index (χ0n) is 12.7. The first kappa shape index (κ1) is 15.0. The lowest BCUT2D eigenvalue weighted by Crippen LogP contribution is -2.20. The van der Waals surface area contributed by atoms with Gasteiger partial charge in [0.15, 0.2) is 0 Å². The van der Waals surface area contributed by atoms with E-state index in [1.807, 2.05) is 0 Å². The van der Waals surface area contributed by atoms with E-state index >= 15 is 0 Å². The first-order chi connectivity index (χ1) is 10.5. The topological polar surface area (TPSA) is 58.2 Å². The SMILES string of the molecule is CC(=O)Nc1cc(NC(=O)C[C@H]2C[C@H]3CC[C@H]2C3)ccc1F. The summed E-state index contributed by atoms with van der Waals surface area (Å²) >= 11 is 0. The second-order valence-corrected chi connectivity index (χ2v) is 6.56. The monoisotopic (exact) mass is 304 g/mol. The molecule has 5 heteroatoms. The van der Waals surface area contributed by atoms with Gasteiger partial charge in [0, 0.05) is 19.0 Å². The number of nitrogens with one attached hydrogen (secondary N) is 2. The Hall–Kier alpha value is -1.91. The van der Waals surface area contributed by atoms with Gasteiger partial charge in [0.1, 0.15) is 5.82 Å². The van der Waals surface area contributed by atoms with Gasteiger partial charge in [0.25, 0.3) is 0 Å². The Bertz CT molecular complexity index is 602. The predicted molar refractivity (Wildman–Crippen MR) is 82.9 cm³/mol. The van der Waals surface area contributed by atoms with Crippen LogP contribution in [0.25, 0.3) is 0 Å². The summed E-state index contributed by atoms with van der Waals surface area (Å²) in [4.78, 5) is 23.2. The molecule has 2 fully saturated rings. The third-order valence-electron chi connectivity index (χ3n) is 4.89. The van der Waals surface area contributed by atoms with Crippen LogP contribution in [0.3, 0.4) is 0 Å². The summed E-state index contributed by atoms with van der Waals surface area (Å²) in [7, 11) is 0. The molecular weight excluding hydrogens is 283 g/mol. The molecule has 22 heavy (non-hydrogen) atoms. The van der Waals surface area contributed by atoms with Crippen molar-refractivity contribution in [3.05, 3.63) is 24.0 Å². The van der Waals surface area contributed by atoms with Gasteiger partial charge < -0.3 is 10.6 Å². The van der Waals surface area contributed by atoms with Crippen LogP contribution in [0.1, 0.15) is 39.0 Å². The number of benzene rings is 1. The third kappa shape index (κ3) is 3.29. The van der Waals surface area contributed by atoms with Crippen LogP contribution in [0.15, 0.2) is 18.2 Å². The average Bonchev–Trinajstić information content (AvgIpc) is 3.04. The Balaban J connectivity index is 1.60. The standard InChI is InChI=1S/C17H21FN2O2/c1-10(21)19-16-9-14(4-5-15(16)18)20-17(22)8-13-7-11-2-3-12(13)6-11/h4-5,9,11-13H,2-3,6-8H2,1H3,(H,19,21)(H,20,22)/t11-,12-,13+/m0/s1. The fraction of sp³-hybridized carbons (Fsp3) is 0.529. The summed E-state index contributed by atoms with van der Waals surface area (Å²) in [6.45, 7) is 1.32. The molecule has 0 aromatic heterocycles. The molecule has 2 amide bonds. The highest BCUT2D eigenvalue weighted by Crippen LogP contribution is 2.49. The molecule has 2 aliphatic carbocycles. The van der Waals surface area contributed by atoms with Crippen LogP contribution in [0.5, 0.6) is 0 Å². The lowest BCUT2D eigenvalue weighted by atomic mass is 9.86. The van der Waals surface area contributed by atoms with Crippen LogP contribution in [0.2, 0.25) is 0 Å². The molecular formula is C17H21FN2O2. The van der Waals surface area contributed by atoms with Crippen molar-refractivity contribution in [2.45, 2.75) is 39.0 Å². The second-order valence-electron chi connectivity index (χ2n) is 6.56. The molecule has 3 rings (SSSR count). The van der Waals surface area contributed by atoms with E-state index in [-0.39, 0.29) is 17.5 Å². The molecule has 0 spiro atoms. The number of anilines is 2. The lowest BCUT2D eigenvalue weighted by molar-refractivity contribution is -0.117. The van der Waals surface area contributed by atoms with Gasteiger partial charge in [-0.25, -0.2) is 4.39 Å². The molecule has 0 saturated heterocycles. The molecule has 2 saturated carbocycles. The van der Waals surface area contributed by atoms with Crippen LogP contribution in [0, 0.1) is 23.6 Å². The van der Waals surface area contributed by atoms with Crippen LogP contribution in [-0.2, 0) is 9.59 Å². The van der Waals surface area contributed by atoms with Crippen molar-refractivity contribution in [2.75, 3.05) is 10.6 Å². The van der Waals surface area contributed by atoms with Crippen molar-refractivity contribution in [3.63, 3.8) is 0 Å². The number of hydrogen-bond donors (Lipinski definition) is 2. The van der Waals surface area contributed by atoms with Crippen LogP contribution in [-0.4, -0.2) is 11.8 Å². The Morgan fingerprint density at radius 1 is 1.23 bits per heavy atom. The van der Waals surface area contributed by atoms with E-state index in [1.165, 1.54) is 50.8 Å². The first-order valence-electron chi connectivity index (χ1n) is 7.88. The maximum atomic E-state index is 13.6. The summed E-state index contributed by atoms with van der Waals surface area (Å²) in [6.07, 6.45) is 5.56. The van der Waals surface area contributed by atoms with Gasteiger partial charge in [-0.1, -0.05) is 6.42 Å². The molecule has 4 nitrogen and oxygen atoms in total. The largest absolute Gasteiger partial charge is 0.326 e. The van der Waals surface area contributed by atoms with E-state index in [9.17, 15) is 14.0 Å². The number of carbonyl (C=O) groups is 2. The molecule has 3 atom stereocenters. The van der Waals surface area contributed by atoms with Crippen molar-refractivity contribution in [2.24, 2.45) is 17.8 Å². The predicted octanol–water partition coefficient (Wildman–Crippen LogP) is 3.55. The number of amides is 2. The summed E-state index contributed by atoms with van der Waals surface area (Å²) in [6, 6.07) is 4.22. The van der Waals surface area contributed by atoms with Crippen molar-refractivity contribution < 1.29 is 14.0 Å². The molecule has 2 bridgehead atoms. The van der Waals surface area contributed by atoms with E-state index in [2.05, 4.69) is 10.6 Å². The zero-order valence-corrected chi connectivity index (χ0v) is 12.7. The lowest BCUT2D eigenvalue weighted by Gasteiger charge is -2.21. The minimum atomic E-state index is -0.513. The number of halogens is 1. The quantitative estimate of drug-likeness (QED) is 0.893. The number of rotatable bonds is 4. The molecule has 1 aromatic carbocycles. The van der Waals surface area contributed by atoms with Gasteiger partial charge in [0.05, 0.1) is 5.69 Å². The van der Waals surface area contributed by atoms with Gasteiger partial charge >= 0.3 is 0 Å². The second kappa shape index (κ2) is 6.07. The Labute approximate surface area is 129 Å². The maximum absolute atomic E-state index is 13.6. The van der Waals surface area contributed by atoms with Gasteiger partial charge in [-0.2, -0.15) is 0 Å². The number of hydrogen-bond acceptors (Lipinski definition) is 2. The van der Waals surface area contributed by atoms with E-state index in [4.69, 9.17) is 0 Å². The molecule has 118 valence electrons. The van der Waals surface area contributed by atoms with E-state index < -0.39 is 5.82 Å². The molecule has 2 N–H and O–H groups in total. The Morgan fingerprint density at radius 2 is 2.05 bits per heavy atom. The van der Waals surface area contributed by atoms with Crippen molar-refractivity contribution in [3.8, 4) is 0 Å². The minimum Gasteiger partial charge on any atom is -0.326 e. The zero-order chi connectivity index (χ0) is 15.7. The highest BCUT2D eigenvalue weighted by Gasteiger charge is 2.40. The Kier molecular flexibility index (Phi) is 4.14. The normalized spacial score (nSPS) is 26.0. The fourth-order valence-electron chi connectivity index (χ4n) is 3.97. The third-order valence-corrected chi connectivity index (χ3v) is 4.89. The van der Waals surface area contributed by atoms with Crippen molar-refractivity contribution in [1.82, 2.24) is 0 Å². The highest BCUT2D eigenvalue weighted by molar-refractivity contribution is 5.93. The smallest absolute Gasteiger partial charge is 0.224 e.